The second kappa shape index (κ2) is 5.90. The summed E-state index contributed by atoms with van der Waals surface area (Å²) in [4.78, 5) is 15.3. The van der Waals surface area contributed by atoms with E-state index >= 15 is 0 Å². The molecule has 1 aromatic carbocycles. The molecule has 0 saturated heterocycles. The third-order valence-corrected chi connectivity index (χ3v) is 2.50. The molecule has 5 N–H and O–H groups in total. The van der Waals surface area contributed by atoms with Crippen LogP contribution in [-0.4, -0.2) is 24.1 Å². The molecule has 2 amide bonds. The van der Waals surface area contributed by atoms with E-state index in [1.165, 1.54) is 7.05 Å². The van der Waals surface area contributed by atoms with Crippen molar-refractivity contribution in [2.75, 3.05) is 12.4 Å². The van der Waals surface area contributed by atoms with Gasteiger partial charge in [0.2, 0.25) is 0 Å². The molecule has 1 aromatic rings. The number of urea groups is 1. The van der Waals surface area contributed by atoms with Gasteiger partial charge in [-0.05, 0) is 36.6 Å². The minimum atomic E-state index is -0.457. The first kappa shape index (κ1) is 13.8. The molecule has 0 spiro atoms. The van der Waals surface area contributed by atoms with Gasteiger partial charge in [-0.2, -0.15) is 0 Å². The quantitative estimate of drug-likeness (QED) is 0.362. The van der Waals surface area contributed by atoms with Gasteiger partial charge in [0.1, 0.15) is 5.75 Å². The van der Waals surface area contributed by atoms with Gasteiger partial charge in [-0.25, -0.2) is 4.79 Å². The molecule has 0 aliphatic heterocycles. The summed E-state index contributed by atoms with van der Waals surface area (Å²) in [6.45, 7) is 3.75. The lowest BCUT2D eigenvalue weighted by Gasteiger charge is -2.14. The molecule has 98 valence electrons. The third kappa shape index (κ3) is 3.38. The first-order valence-electron chi connectivity index (χ1n) is 5.60. The van der Waals surface area contributed by atoms with Crippen LogP contribution in [0, 0.1) is 6.92 Å². The molecule has 0 atom stereocenters. The molecule has 18 heavy (non-hydrogen) atoms. The molecular weight excluding hydrogens is 232 g/mol. The number of hydrogen-bond donors (Lipinski definition) is 4. The summed E-state index contributed by atoms with van der Waals surface area (Å²) < 4.78 is 0. The Morgan fingerprint density at radius 2 is 2.17 bits per heavy atom. The van der Waals surface area contributed by atoms with Crippen molar-refractivity contribution in [2.24, 2.45) is 10.7 Å². The molecule has 0 aliphatic carbocycles. The van der Waals surface area contributed by atoms with E-state index in [0.29, 0.717) is 12.1 Å². The zero-order valence-electron chi connectivity index (χ0n) is 10.7. The topological polar surface area (TPSA) is 99.7 Å². The molecule has 0 aliphatic rings. The predicted octanol–water partition coefficient (Wildman–Crippen LogP) is 1.33. The number of guanidine groups is 1. The van der Waals surface area contributed by atoms with Crippen molar-refractivity contribution in [1.29, 1.82) is 0 Å². The van der Waals surface area contributed by atoms with Crippen LogP contribution in [0.5, 0.6) is 5.75 Å². The Balaban J connectivity index is 2.93. The van der Waals surface area contributed by atoms with E-state index in [1.54, 1.807) is 12.1 Å². The van der Waals surface area contributed by atoms with Crippen LogP contribution >= 0.6 is 0 Å². The van der Waals surface area contributed by atoms with E-state index in [9.17, 15) is 9.90 Å². The highest BCUT2D eigenvalue weighted by molar-refractivity contribution is 6.02. The summed E-state index contributed by atoms with van der Waals surface area (Å²) in [5, 5.41) is 14.6. The fourth-order valence-electron chi connectivity index (χ4n) is 1.61. The predicted molar refractivity (Wildman–Crippen MR) is 71.9 cm³/mol. The van der Waals surface area contributed by atoms with Crippen molar-refractivity contribution in [1.82, 2.24) is 5.32 Å². The molecule has 0 fully saturated rings. The van der Waals surface area contributed by atoms with Gasteiger partial charge < -0.3 is 16.2 Å². The Kier molecular flexibility index (Phi) is 4.53. The van der Waals surface area contributed by atoms with Crippen LogP contribution in [0.4, 0.5) is 10.5 Å². The third-order valence-electron chi connectivity index (χ3n) is 2.50. The minimum Gasteiger partial charge on any atom is -0.508 e. The van der Waals surface area contributed by atoms with Crippen LogP contribution in [0.2, 0.25) is 0 Å². The summed E-state index contributed by atoms with van der Waals surface area (Å²) in [7, 11) is 1.49. The number of carbonyl (C=O) groups excluding carboxylic acids is 1. The Bertz CT molecular complexity index is 483. The van der Waals surface area contributed by atoms with Crippen molar-refractivity contribution in [3.8, 4) is 5.75 Å². The lowest BCUT2D eigenvalue weighted by Crippen LogP contribution is -2.39. The fraction of sp³-hybridized carbons (Fsp3) is 0.333. The molecule has 0 radical (unpaired) electrons. The molecular formula is C12H18N4O2. The zero-order chi connectivity index (χ0) is 13.7. The van der Waals surface area contributed by atoms with Crippen LogP contribution in [-0.2, 0) is 6.42 Å². The maximum Gasteiger partial charge on any atom is 0.326 e. The number of nitrogens with zero attached hydrogens (tertiary/aromatic N) is 1. The highest BCUT2D eigenvalue weighted by atomic mass is 16.3. The first-order chi connectivity index (χ1) is 8.47. The van der Waals surface area contributed by atoms with Crippen LogP contribution in [0.15, 0.2) is 17.1 Å². The standard InChI is InChI=1S/C12H18N4O2/c1-4-8-6-9(17)5-7(2)10(8)15-12(18)16-11(13)14-3/h5-6,17H,4H2,1-3H3,(H4,13,14,15,16,18). The number of amides is 2. The molecule has 0 heterocycles. The number of aryl methyl sites for hydroxylation is 2. The minimum absolute atomic E-state index is 0.0435. The van der Waals surface area contributed by atoms with E-state index in [1.807, 2.05) is 13.8 Å². The monoisotopic (exact) mass is 250 g/mol. The number of aromatic hydroxyl groups is 1. The number of phenolic OH excluding ortho intramolecular Hbond substituents is 1. The van der Waals surface area contributed by atoms with Crippen LogP contribution < -0.4 is 16.4 Å². The van der Waals surface area contributed by atoms with Crippen LogP contribution in [0.1, 0.15) is 18.1 Å². The number of aliphatic imine (C=N–C) groups is 1. The summed E-state index contributed by atoms with van der Waals surface area (Å²) >= 11 is 0. The lowest BCUT2D eigenvalue weighted by atomic mass is 10.1. The van der Waals surface area contributed by atoms with Crippen molar-refractivity contribution >= 4 is 17.7 Å². The van der Waals surface area contributed by atoms with Gasteiger partial charge in [0.25, 0.3) is 0 Å². The van der Waals surface area contributed by atoms with E-state index < -0.39 is 6.03 Å². The molecule has 6 heteroatoms. The van der Waals surface area contributed by atoms with Crippen LogP contribution in [0.3, 0.4) is 0 Å². The SMILES string of the molecule is CCc1cc(O)cc(C)c1NC(=O)NC(N)=NC. The second-order valence-electron chi connectivity index (χ2n) is 3.84. The Morgan fingerprint density at radius 1 is 1.50 bits per heavy atom. The van der Waals surface area contributed by atoms with E-state index in [4.69, 9.17) is 5.73 Å². The lowest BCUT2D eigenvalue weighted by molar-refractivity contribution is 0.256. The van der Waals surface area contributed by atoms with Crippen LogP contribution in [0.25, 0.3) is 0 Å². The normalized spacial score (nSPS) is 11.2. The van der Waals surface area contributed by atoms with E-state index in [0.717, 1.165) is 11.1 Å². The van der Waals surface area contributed by atoms with Crippen molar-refractivity contribution in [2.45, 2.75) is 20.3 Å². The molecule has 0 unspecified atom stereocenters. The number of hydrogen-bond acceptors (Lipinski definition) is 3. The van der Waals surface area contributed by atoms with Crippen molar-refractivity contribution in [3.63, 3.8) is 0 Å². The van der Waals surface area contributed by atoms with Gasteiger partial charge >= 0.3 is 6.03 Å². The van der Waals surface area contributed by atoms with Gasteiger partial charge in [-0.3, -0.25) is 10.3 Å². The maximum absolute atomic E-state index is 11.6. The van der Waals surface area contributed by atoms with Gasteiger partial charge in [0.05, 0.1) is 0 Å². The average molecular weight is 250 g/mol. The number of nitrogens with one attached hydrogen (secondary N) is 2. The molecule has 0 saturated carbocycles. The number of carbonyl (C=O) groups is 1. The van der Waals surface area contributed by atoms with Crippen molar-refractivity contribution in [3.05, 3.63) is 23.3 Å². The van der Waals surface area contributed by atoms with Gasteiger partial charge in [0, 0.05) is 12.7 Å². The summed E-state index contributed by atoms with van der Waals surface area (Å²) in [6.07, 6.45) is 0.697. The van der Waals surface area contributed by atoms with E-state index in [2.05, 4.69) is 15.6 Å². The van der Waals surface area contributed by atoms with Crippen molar-refractivity contribution < 1.29 is 9.90 Å². The molecule has 0 bridgehead atoms. The highest BCUT2D eigenvalue weighted by Gasteiger charge is 2.10. The first-order valence-corrected chi connectivity index (χ1v) is 5.60. The smallest absolute Gasteiger partial charge is 0.326 e. The fourth-order valence-corrected chi connectivity index (χ4v) is 1.61. The Hall–Kier alpha value is -2.24. The number of nitrogens with two attached hydrogens (primary N) is 1. The highest BCUT2D eigenvalue weighted by Crippen LogP contribution is 2.26. The molecule has 0 aromatic heterocycles. The zero-order valence-corrected chi connectivity index (χ0v) is 10.7. The van der Waals surface area contributed by atoms with Gasteiger partial charge in [-0.15, -0.1) is 0 Å². The molecule has 1 rings (SSSR count). The van der Waals surface area contributed by atoms with Gasteiger partial charge in [-0.1, -0.05) is 6.92 Å². The largest absolute Gasteiger partial charge is 0.508 e. The number of phenols is 1. The van der Waals surface area contributed by atoms with Gasteiger partial charge in [0.15, 0.2) is 5.96 Å². The maximum atomic E-state index is 11.6. The Morgan fingerprint density at radius 3 is 2.72 bits per heavy atom. The summed E-state index contributed by atoms with van der Waals surface area (Å²) in [5.74, 6) is 0.229. The van der Waals surface area contributed by atoms with E-state index in [-0.39, 0.29) is 11.7 Å². The average Bonchev–Trinajstić information content (AvgIpc) is 2.31. The number of anilines is 1. The summed E-state index contributed by atoms with van der Waals surface area (Å²) in [6, 6.07) is 2.76. The number of rotatable bonds is 2. The molecule has 6 nitrogen and oxygen atoms in total. The second-order valence-corrected chi connectivity index (χ2v) is 3.84. The number of benzene rings is 1. The summed E-state index contributed by atoms with van der Waals surface area (Å²) in [5.41, 5.74) is 7.72. The Labute approximate surface area is 106 Å².